The maximum atomic E-state index is 14.1. The number of Topliss-reactive ketones (excluding diaryl/α,β-unsaturated/α-hetero) is 1. The van der Waals surface area contributed by atoms with Crippen LogP contribution in [0.2, 0.25) is 0 Å². The van der Waals surface area contributed by atoms with E-state index in [1.165, 1.54) is 16.7 Å². The third-order valence-corrected chi connectivity index (χ3v) is 7.07. The van der Waals surface area contributed by atoms with Crippen LogP contribution >= 0.6 is 0 Å². The van der Waals surface area contributed by atoms with Crippen molar-refractivity contribution in [3.8, 4) is 11.5 Å². The Kier molecular flexibility index (Phi) is 4.51. The van der Waals surface area contributed by atoms with E-state index in [9.17, 15) is 4.79 Å². The summed E-state index contributed by atoms with van der Waals surface area (Å²) < 4.78 is 11.4. The Hall–Kier alpha value is -3.33. The van der Waals surface area contributed by atoms with Gasteiger partial charge in [0.1, 0.15) is 11.5 Å². The molecule has 5 rings (SSSR count). The highest BCUT2D eigenvalue weighted by Crippen LogP contribution is 2.64. The van der Waals surface area contributed by atoms with Gasteiger partial charge in [0.15, 0.2) is 5.78 Å². The van der Waals surface area contributed by atoms with Gasteiger partial charge in [-0.1, -0.05) is 67.1 Å². The molecule has 0 fully saturated rings. The van der Waals surface area contributed by atoms with Crippen molar-refractivity contribution in [2.75, 3.05) is 14.2 Å². The Balaban J connectivity index is 2.00. The van der Waals surface area contributed by atoms with Crippen molar-refractivity contribution >= 4 is 11.4 Å². The summed E-state index contributed by atoms with van der Waals surface area (Å²) in [4.78, 5) is 14.1. The second-order valence-electron chi connectivity index (χ2n) is 8.27. The summed E-state index contributed by atoms with van der Waals surface area (Å²) in [5.41, 5.74) is 6.96. The van der Waals surface area contributed by atoms with Crippen molar-refractivity contribution in [1.29, 1.82) is 0 Å². The van der Waals surface area contributed by atoms with Gasteiger partial charge in [0, 0.05) is 17.2 Å². The summed E-state index contributed by atoms with van der Waals surface area (Å²) >= 11 is 0. The number of benzene rings is 3. The minimum Gasteiger partial charge on any atom is -0.497 e. The van der Waals surface area contributed by atoms with E-state index in [4.69, 9.17) is 9.47 Å². The van der Waals surface area contributed by atoms with E-state index < -0.39 is 5.41 Å². The molecule has 3 nitrogen and oxygen atoms in total. The second-order valence-corrected chi connectivity index (χ2v) is 8.27. The Bertz CT molecular complexity index is 1220. The molecule has 0 saturated heterocycles. The summed E-state index contributed by atoms with van der Waals surface area (Å²) in [6.07, 6.45) is 0.841. The number of allylic oxidation sites excluding steroid dienone is 2. The highest BCUT2D eigenvalue weighted by atomic mass is 16.5. The standard InChI is InChI=1S/C28H26O3/c1-5-23-17(2)20-13-9-10-14-21(20)26-27(29)22-15-19(30-3)16-24(31-4)25(22)28(23,26)18-11-7-6-8-12-18/h6-16,26H,5H2,1-4H3/t26-,28+/m1/s1. The van der Waals surface area contributed by atoms with Crippen molar-refractivity contribution in [2.24, 2.45) is 0 Å². The number of ether oxygens (including phenoxy) is 2. The number of carbonyl (C=O) groups is 1. The molecule has 3 aromatic carbocycles. The monoisotopic (exact) mass is 410 g/mol. The quantitative estimate of drug-likeness (QED) is 0.516. The highest BCUT2D eigenvalue weighted by molar-refractivity contribution is 6.12. The molecular formula is C28H26O3. The number of fused-ring (bicyclic) bond motifs is 5. The molecule has 3 heteroatoms. The number of carbonyl (C=O) groups excluding carboxylic acids is 1. The second kappa shape index (κ2) is 7.12. The summed E-state index contributed by atoms with van der Waals surface area (Å²) in [6, 6.07) is 22.6. The molecule has 3 aromatic rings. The normalized spacial score (nSPS) is 21.4. The van der Waals surface area contributed by atoms with Crippen molar-refractivity contribution in [3.63, 3.8) is 0 Å². The van der Waals surface area contributed by atoms with Gasteiger partial charge in [-0.2, -0.15) is 0 Å². The highest BCUT2D eigenvalue weighted by Gasteiger charge is 2.59. The summed E-state index contributed by atoms with van der Waals surface area (Å²) in [6.45, 7) is 4.38. The van der Waals surface area contributed by atoms with Gasteiger partial charge in [-0.05, 0) is 41.7 Å². The van der Waals surface area contributed by atoms with Crippen molar-refractivity contribution in [3.05, 3.63) is 100 Å². The molecule has 0 heterocycles. The maximum Gasteiger partial charge on any atom is 0.172 e. The predicted molar refractivity (Wildman–Crippen MR) is 123 cm³/mol. The lowest BCUT2D eigenvalue weighted by Crippen LogP contribution is -2.39. The summed E-state index contributed by atoms with van der Waals surface area (Å²) in [5.74, 6) is 1.13. The summed E-state index contributed by atoms with van der Waals surface area (Å²) in [7, 11) is 3.29. The number of methoxy groups -OCH3 is 2. The lowest BCUT2D eigenvalue weighted by atomic mass is 9.57. The lowest BCUT2D eigenvalue weighted by Gasteiger charge is -2.44. The molecule has 0 aromatic heterocycles. The van der Waals surface area contributed by atoms with Crippen molar-refractivity contribution < 1.29 is 14.3 Å². The zero-order valence-electron chi connectivity index (χ0n) is 18.4. The number of hydrogen-bond acceptors (Lipinski definition) is 3. The van der Waals surface area contributed by atoms with E-state index in [0.717, 1.165) is 23.1 Å². The topological polar surface area (TPSA) is 35.5 Å². The molecule has 0 unspecified atom stereocenters. The van der Waals surface area contributed by atoms with E-state index in [-0.39, 0.29) is 11.7 Å². The smallest absolute Gasteiger partial charge is 0.172 e. The fraction of sp³-hybridized carbons (Fsp3) is 0.250. The van der Waals surface area contributed by atoms with Crippen LogP contribution in [0.3, 0.4) is 0 Å². The van der Waals surface area contributed by atoms with Crippen LogP contribution in [0.15, 0.2) is 72.3 Å². The van der Waals surface area contributed by atoms with Crippen molar-refractivity contribution in [1.82, 2.24) is 0 Å². The fourth-order valence-corrected chi connectivity index (χ4v) is 5.95. The van der Waals surface area contributed by atoms with E-state index in [2.05, 4.69) is 56.3 Å². The molecule has 31 heavy (non-hydrogen) atoms. The minimum atomic E-state index is -0.599. The van der Waals surface area contributed by atoms with Gasteiger partial charge in [-0.15, -0.1) is 0 Å². The number of rotatable bonds is 4. The van der Waals surface area contributed by atoms with Gasteiger partial charge in [0.25, 0.3) is 0 Å². The first-order chi connectivity index (χ1) is 15.1. The van der Waals surface area contributed by atoms with E-state index in [1.807, 2.05) is 24.3 Å². The van der Waals surface area contributed by atoms with Crippen LogP contribution in [0.5, 0.6) is 11.5 Å². The van der Waals surface area contributed by atoms with Gasteiger partial charge in [-0.25, -0.2) is 0 Å². The molecule has 156 valence electrons. The third-order valence-electron chi connectivity index (χ3n) is 7.07. The molecule has 0 saturated carbocycles. The fourth-order valence-electron chi connectivity index (χ4n) is 5.95. The minimum absolute atomic E-state index is 0.127. The zero-order chi connectivity index (χ0) is 21.8. The average Bonchev–Trinajstić information content (AvgIpc) is 3.09. The zero-order valence-corrected chi connectivity index (χ0v) is 18.4. The molecule has 2 atom stereocenters. The number of hydrogen-bond donors (Lipinski definition) is 0. The van der Waals surface area contributed by atoms with Gasteiger partial charge in [0.2, 0.25) is 0 Å². The van der Waals surface area contributed by atoms with Crippen LogP contribution in [0, 0.1) is 0 Å². The average molecular weight is 411 g/mol. The molecular weight excluding hydrogens is 384 g/mol. The van der Waals surface area contributed by atoms with Gasteiger partial charge >= 0.3 is 0 Å². The lowest BCUT2D eigenvalue weighted by molar-refractivity contribution is 0.0955. The molecule has 0 bridgehead atoms. The van der Waals surface area contributed by atoms with Crippen LogP contribution < -0.4 is 9.47 Å². The predicted octanol–water partition coefficient (Wildman–Crippen LogP) is 6.17. The van der Waals surface area contributed by atoms with Gasteiger partial charge in [0.05, 0.1) is 25.6 Å². The largest absolute Gasteiger partial charge is 0.497 e. The first-order valence-electron chi connectivity index (χ1n) is 10.7. The SMILES string of the molecule is CCC1=C(C)c2ccccc2[C@@H]2C(=O)c3cc(OC)cc(OC)c3[C@]12c1ccccc1. The van der Waals surface area contributed by atoms with E-state index in [1.54, 1.807) is 14.2 Å². The van der Waals surface area contributed by atoms with Crippen LogP contribution in [0.1, 0.15) is 58.8 Å². The molecule has 0 N–H and O–H groups in total. The maximum absolute atomic E-state index is 14.1. The van der Waals surface area contributed by atoms with Gasteiger partial charge < -0.3 is 9.47 Å². The third kappa shape index (κ3) is 2.43. The molecule has 0 aliphatic heterocycles. The summed E-state index contributed by atoms with van der Waals surface area (Å²) in [5, 5.41) is 0. The molecule has 2 aliphatic carbocycles. The van der Waals surface area contributed by atoms with Crippen molar-refractivity contribution in [2.45, 2.75) is 31.6 Å². The first-order valence-corrected chi connectivity index (χ1v) is 10.7. The van der Waals surface area contributed by atoms with Crippen LogP contribution in [-0.2, 0) is 5.41 Å². The Morgan fingerprint density at radius 3 is 2.29 bits per heavy atom. The molecule has 2 aliphatic rings. The Morgan fingerprint density at radius 1 is 0.903 bits per heavy atom. The first kappa shape index (κ1) is 19.6. The molecule has 0 amide bonds. The molecule has 0 spiro atoms. The van der Waals surface area contributed by atoms with Crippen LogP contribution in [0.4, 0.5) is 0 Å². The Morgan fingerprint density at radius 2 is 1.61 bits per heavy atom. The van der Waals surface area contributed by atoms with Crippen LogP contribution in [-0.4, -0.2) is 20.0 Å². The number of ketones is 1. The van der Waals surface area contributed by atoms with E-state index in [0.29, 0.717) is 17.1 Å². The van der Waals surface area contributed by atoms with Crippen LogP contribution in [0.25, 0.3) is 5.57 Å². The van der Waals surface area contributed by atoms with Gasteiger partial charge in [-0.3, -0.25) is 4.79 Å². The Labute approximate surface area is 183 Å². The molecule has 0 radical (unpaired) electrons. The van der Waals surface area contributed by atoms with E-state index >= 15 is 0 Å².